The van der Waals surface area contributed by atoms with Crippen LogP contribution in [0, 0.1) is 0 Å². The zero-order valence-corrected chi connectivity index (χ0v) is 17.8. The van der Waals surface area contributed by atoms with Crippen molar-refractivity contribution in [3.05, 3.63) is 84.4 Å². The lowest BCUT2D eigenvalue weighted by Crippen LogP contribution is -2.18. The second kappa shape index (κ2) is 8.71. The van der Waals surface area contributed by atoms with Crippen LogP contribution in [0.4, 0.5) is 5.95 Å². The molecule has 0 spiro atoms. The first-order chi connectivity index (χ1) is 15.0. The molecule has 0 atom stereocenters. The average molecular weight is 435 g/mol. The number of nitrogens with zero attached hydrogens (tertiary/aromatic N) is 2. The van der Waals surface area contributed by atoms with Crippen LogP contribution in [0.1, 0.15) is 12.0 Å². The van der Waals surface area contributed by atoms with Crippen LogP contribution < -0.4 is 10.0 Å². The molecule has 0 fully saturated rings. The van der Waals surface area contributed by atoms with E-state index in [1.165, 1.54) is 19.2 Å². The standard InChI is InChI=1S/C23H22N4O3S/c1-24-31(29,30)19-14-11-17(12-15-19)13-16-22(28)26-23-25-20-9-5-6-10-21(20)27(23)18-7-3-2-4-8-18/h2-12,14-15,24H,13,16H2,1H3,(H,25,26,28). The lowest BCUT2D eigenvalue weighted by atomic mass is 10.1. The van der Waals surface area contributed by atoms with Gasteiger partial charge >= 0.3 is 0 Å². The predicted molar refractivity (Wildman–Crippen MR) is 121 cm³/mol. The summed E-state index contributed by atoms with van der Waals surface area (Å²) in [7, 11) is -2.10. The molecule has 2 N–H and O–H groups in total. The first kappa shape index (κ1) is 20.8. The van der Waals surface area contributed by atoms with E-state index in [9.17, 15) is 13.2 Å². The van der Waals surface area contributed by atoms with Crippen molar-refractivity contribution in [2.24, 2.45) is 0 Å². The summed E-state index contributed by atoms with van der Waals surface area (Å²) in [6.45, 7) is 0. The predicted octanol–water partition coefficient (Wildman–Crippen LogP) is 3.50. The van der Waals surface area contributed by atoms with Crippen molar-refractivity contribution < 1.29 is 13.2 Å². The number of hydrogen-bond donors (Lipinski definition) is 2. The molecule has 0 radical (unpaired) electrons. The smallest absolute Gasteiger partial charge is 0.240 e. The molecule has 0 aliphatic heterocycles. The Morgan fingerprint density at radius 2 is 1.61 bits per heavy atom. The van der Waals surface area contributed by atoms with Gasteiger partial charge in [-0.2, -0.15) is 0 Å². The van der Waals surface area contributed by atoms with Gasteiger partial charge in [-0.15, -0.1) is 0 Å². The highest BCUT2D eigenvalue weighted by atomic mass is 32.2. The molecule has 31 heavy (non-hydrogen) atoms. The lowest BCUT2D eigenvalue weighted by molar-refractivity contribution is -0.116. The highest BCUT2D eigenvalue weighted by Gasteiger charge is 2.15. The molecule has 0 unspecified atom stereocenters. The van der Waals surface area contributed by atoms with Crippen molar-refractivity contribution in [2.75, 3.05) is 12.4 Å². The third-order valence-corrected chi connectivity index (χ3v) is 6.40. The van der Waals surface area contributed by atoms with Gasteiger partial charge in [0.05, 0.1) is 15.9 Å². The Balaban J connectivity index is 1.50. The number of imidazole rings is 1. The van der Waals surface area contributed by atoms with Gasteiger partial charge in [0.1, 0.15) is 0 Å². The quantitative estimate of drug-likeness (QED) is 0.466. The number of nitrogens with one attached hydrogen (secondary N) is 2. The normalized spacial score (nSPS) is 11.5. The van der Waals surface area contributed by atoms with E-state index in [1.807, 2.05) is 59.2 Å². The number of fused-ring (bicyclic) bond motifs is 1. The Labute approximate surface area is 180 Å². The van der Waals surface area contributed by atoms with E-state index >= 15 is 0 Å². The third kappa shape index (κ3) is 4.50. The first-order valence-electron chi connectivity index (χ1n) is 9.83. The fourth-order valence-electron chi connectivity index (χ4n) is 3.35. The summed E-state index contributed by atoms with van der Waals surface area (Å²) < 4.78 is 27.8. The van der Waals surface area contributed by atoms with E-state index in [-0.39, 0.29) is 17.2 Å². The van der Waals surface area contributed by atoms with E-state index < -0.39 is 10.0 Å². The number of hydrogen-bond acceptors (Lipinski definition) is 4. The van der Waals surface area contributed by atoms with E-state index in [0.29, 0.717) is 12.4 Å². The van der Waals surface area contributed by atoms with Crippen molar-refractivity contribution in [1.82, 2.24) is 14.3 Å². The number of amides is 1. The number of carbonyl (C=O) groups excluding carboxylic acids is 1. The largest absolute Gasteiger partial charge is 0.296 e. The highest BCUT2D eigenvalue weighted by Crippen LogP contribution is 2.24. The number of aromatic nitrogens is 2. The fourth-order valence-corrected chi connectivity index (χ4v) is 4.08. The topological polar surface area (TPSA) is 93.1 Å². The summed E-state index contributed by atoms with van der Waals surface area (Å²) in [5, 5.41) is 2.92. The van der Waals surface area contributed by atoms with E-state index in [1.54, 1.807) is 12.1 Å². The summed E-state index contributed by atoms with van der Waals surface area (Å²) >= 11 is 0. The van der Waals surface area contributed by atoms with Crippen molar-refractivity contribution in [3.8, 4) is 5.69 Å². The Morgan fingerprint density at radius 1 is 0.935 bits per heavy atom. The van der Waals surface area contributed by atoms with Crippen LogP contribution in [0.15, 0.2) is 83.8 Å². The maximum absolute atomic E-state index is 12.6. The van der Waals surface area contributed by atoms with E-state index in [4.69, 9.17) is 0 Å². The molecule has 4 aromatic rings. The Kier molecular flexibility index (Phi) is 5.83. The second-order valence-electron chi connectivity index (χ2n) is 6.99. The van der Waals surface area contributed by atoms with Crippen LogP contribution in [0.2, 0.25) is 0 Å². The van der Waals surface area contributed by atoms with Crippen LogP contribution in [-0.4, -0.2) is 30.9 Å². The van der Waals surface area contributed by atoms with Gasteiger partial charge in [0.2, 0.25) is 21.9 Å². The van der Waals surface area contributed by atoms with Gasteiger partial charge < -0.3 is 0 Å². The molecular formula is C23H22N4O3S. The summed E-state index contributed by atoms with van der Waals surface area (Å²) in [5.74, 6) is 0.298. The molecule has 158 valence electrons. The van der Waals surface area contributed by atoms with E-state index in [2.05, 4.69) is 15.0 Å². The summed E-state index contributed by atoms with van der Waals surface area (Å²) in [6.07, 6.45) is 0.730. The second-order valence-corrected chi connectivity index (χ2v) is 8.88. The molecule has 7 nitrogen and oxygen atoms in total. The monoisotopic (exact) mass is 434 g/mol. The zero-order chi connectivity index (χ0) is 21.8. The molecule has 0 bridgehead atoms. The minimum Gasteiger partial charge on any atom is -0.296 e. The van der Waals surface area contributed by atoms with Crippen molar-refractivity contribution in [1.29, 1.82) is 0 Å². The Hall–Kier alpha value is -3.49. The molecule has 8 heteroatoms. The minimum atomic E-state index is -3.47. The molecule has 1 aromatic heterocycles. The fraction of sp³-hybridized carbons (Fsp3) is 0.130. The van der Waals surface area contributed by atoms with Gasteiger partial charge in [0.15, 0.2) is 0 Å². The van der Waals surface area contributed by atoms with Crippen molar-refractivity contribution in [3.63, 3.8) is 0 Å². The maximum atomic E-state index is 12.6. The zero-order valence-electron chi connectivity index (χ0n) is 16.9. The Morgan fingerprint density at radius 3 is 2.32 bits per heavy atom. The lowest BCUT2D eigenvalue weighted by Gasteiger charge is -2.10. The van der Waals surface area contributed by atoms with Crippen LogP contribution >= 0.6 is 0 Å². The van der Waals surface area contributed by atoms with Crippen LogP contribution in [0.3, 0.4) is 0 Å². The van der Waals surface area contributed by atoms with Crippen LogP contribution in [0.5, 0.6) is 0 Å². The number of anilines is 1. The van der Waals surface area contributed by atoms with Crippen molar-refractivity contribution >= 4 is 32.9 Å². The maximum Gasteiger partial charge on any atom is 0.240 e. The SMILES string of the molecule is CNS(=O)(=O)c1ccc(CCC(=O)Nc2nc3ccccc3n2-c2ccccc2)cc1. The molecule has 0 aliphatic carbocycles. The van der Waals surface area contributed by atoms with E-state index in [0.717, 1.165) is 22.3 Å². The number of benzene rings is 3. The van der Waals surface area contributed by atoms with Crippen molar-refractivity contribution in [2.45, 2.75) is 17.7 Å². The summed E-state index contributed by atoms with van der Waals surface area (Å²) in [4.78, 5) is 17.4. The molecule has 0 aliphatic rings. The number of para-hydroxylation sites is 3. The number of rotatable bonds is 7. The first-order valence-corrected chi connectivity index (χ1v) is 11.3. The number of aryl methyl sites for hydroxylation is 1. The highest BCUT2D eigenvalue weighted by molar-refractivity contribution is 7.89. The van der Waals surface area contributed by atoms with Gasteiger partial charge in [-0.25, -0.2) is 18.1 Å². The van der Waals surface area contributed by atoms with Crippen LogP contribution in [-0.2, 0) is 21.2 Å². The molecular weight excluding hydrogens is 412 g/mol. The van der Waals surface area contributed by atoms with Crippen LogP contribution in [0.25, 0.3) is 16.7 Å². The summed E-state index contributed by atoms with van der Waals surface area (Å²) in [6, 6.07) is 24.0. The molecule has 0 saturated heterocycles. The molecule has 0 saturated carbocycles. The minimum absolute atomic E-state index is 0.167. The van der Waals surface area contributed by atoms with Gasteiger partial charge in [-0.3, -0.25) is 14.7 Å². The third-order valence-electron chi connectivity index (χ3n) is 4.97. The average Bonchev–Trinajstić information content (AvgIpc) is 3.16. The molecule has 4 rings (SSSR count). The molecule has 3 aromatic carbocycles. The van der Waals surface area contributed by atoms with Gasteiger partial charge in [0, 0.05) is 12.1 Å². The molecule has 1 amide bonds. The number of sulfonamides is 1. The van der Waals surface area contributed by atoms with Gasteiger partial charge in [-0.05, 0) is 55.4 Å². The Bertz CT molecular complexity index is 1310. The molecule has 1 heterocycles. The van der Waals surface area contributed by atoms with Gasteiger partial charge in [-0.1, -0.05) is 42.5 Å². The summed E-state index contributed by atoms with van der Waals surface area (Å²) in [5.41, 5.74) is 3.49. The van der Waals surface area contributed by atoms with Gasteiger partial charge in [0.25, 0.3) is 0 Å². The number of carbonyl (C=O) groups is 1.